The number of hydrogen-bond acceptors (Lipinski definition) is 3. The molecule has 4 rings (SSSR count). The molecule has 1 N–H and O–H groups in total. The predicted molar refractivity (Wildman–Crippen MR) is 106 cm³/mol. The van der Waals surface area contributed by atoms with E-state index in [9.17, 15) is 9.59 Å². The summed E-state index contributed by atoms with van der Waals surface area (Å²) in [6.45, 7) is 1.28. The van der Waals surface area contributed by atoms with E-state index in [0.717, 1.165) is 18.5 Å². The van der Waals surface area contributed by atoms with Gasteiger partial charge in [-0.2, -0.15) is 0 Å². The van der Waals surface area contributed by atoms with E-state index >= 15 is 0 Å². The maximum absolute atomic E-state index is 12.8. The fourth-order valence-corrected chi connectivity index (χ4v) is 3.46. The van der Waals surface area contributed by atoms with E-state index in [4.69, 9.17) is 0 Å². The third-order valence-electron chi connectivity index (χ3n) is 5.08. The van der Waals surface area contributed by atoms with Gasteiger partial charge in [-0.05, 0) is 61.4 Å². The van der Waals surface area contributed by atoms with Crippen molar-refractivity contribution in [3.8, 4) is 5.69 Å². The number of likely N-dealkylation sites (tertiary alicyclic amines) is 1. The summed E-state index contributed by atoms with van der Waals surface area (Å²) in [5.41, 5.74) is 2.32. The molecule has 0 spiro atoms. The average Bonchev–Trinajstić information content (AvgIpc) is 3.29. The van der Waals surface area contributed by atoms with Crippen LogP contribution in [-0.4, -0.2) is 45.4 Å². The van der Waals surface area contributed by atoms with Gasteiger partial charge in [0.05, 0.1) is 0 Å². The Morgan fingerprint density at radius 1 is 0.893 bits per heavy atom. The topological polar surface area (TPSA) is 67.2 Å². The van der Waals surface area contributed by atoms with E-state index in [2.05, 4.69) is 10.3 Å². The summed E-state index contributed by atoms with van der Waals surface area (Å²) in [5.74, 6) is -0.0502. The number of amides is 2. The van der Waals surface area contributed by atoms with E-state index in [0.29, 0.717) is 24.2 Å². The van der Waals surface area contributed by atoms with Crippen molar-refractivity contribution in [2.45, 2.75) is 18.9 Å². The second-order valence-corrected chi connectivity index (χ2v) is 6.91. The minimum atomic E-state index is -0.0900. The fourth-order valence-electron chi connectivity index (χ4n) is 3.46. The molecule has 3 heterocycles. The highest BCUT2D eigenvalue weighted by Gasteiger charge is 2.24. The van der Waals surface area contributed by atoms with Gasteiger partial charge in [-0.15, -0.1) is 0 Å². The van der Waals surface area contributed by atoms with Crippen LogP contribution in [0.15, 0.2) is 73.3 Å². The molecule has 0 aliphatic carbocycles. The molecule has 1 aliphatic rings. The summed E-state index contributed by atoms with van der Waals surface area (Å²) in [6.07, 6.45) is 8.67. The van der Waals surface area contributed by atoms with Crippen molar-refractivity contribution in [1.29, 1.82) is 0 Å². The highest BCUT2D eigenvalue weighted by molar-refractivity contribution is 5.95. The second-order valence-electron chi connectivity index (χ2n) is 6.91. The van der Waals surface area contributed by atoms with Crippen molar-refractivity contribution in [2.24, 2.45) is 0 Å². The van der Waals surface area contributed by atoms with Gasteiger partial charge in [0.15, 0.2) is 0 Å². The first-order chi connectivity index (χ1) is 13.7. The van der Waals surface area contributed by atoms with Crippen LogP contribution >= 0.6 is 0 Å². The lowest BCUT2D eigenvalue weighted by Gasteiger charge is -2.32. The molecule has 2 amide bonds. The van der Waals surface area contributed by atoms with Crippen molar-refractivity contribution in [2.75, 3.05) is 13.1 Å². The molecular weight excluding hydrogens is 352 g/mol. The van der Waals surface area contributed by atoms with Gasteiger partial charge in [-0.25, -0.2) is 0 Å². The summed E-state index contributed by atoms with van der Waals surface area (Å²) in [7, 11) is 0. The molecule has 142 valence electrons. The molecule has 2 aromatic heterocycles. The summed E-state index contributed by atoms with van der Waals surface area (Å²) in [5, 5.41) is 3.05. The summed E-state index contributed by atoms with van der Waals surface area (Å²) in [4.78, 5) is 30.8. The largest absolute Gasteiger partial charge is 0.349 e. The van der Waals surface area contributed by atoms with Crippen molar-refractivity contribution in [3.05, 3.63) is 84.4 Å². The molecule has 0 bridgehead atoms. The average molecular weight is 374 g/mol. The Kier molecular flexibility index (Phi) is 5.19. The number of pyridine rings is 1. The summed E-state index contributed by atoms with van der Waals surface area (Å²) in [6, 6.07) is 15.1. The van der Waals surface area contributed by atoms with Crippen molar-refractivity contribution in [3.63, 3.8) is 0 Å². The SMILES string of the molecule is O=C(NC1CCN(C(=O)c2ccc(-n3cccc3)cc2)CC1)c1ccncc1. The van der Waals surface area contributed by atoms with Crippen LogP contribution in [0, 0.1) is 0 Å². The van der Waals surface area contributed by atoms with Crippen LogP contribution in [0.4, 0.5) is 0 Å². The van der Waals surface area contributed by atoms with E-state index < -0.39 is 0 Å². The van der Waals surface area contributed by atoms with Gasteiger partial charge in [0.1, 0.15) is 0 Å². The minimum absolute atomic E-state index is 0.0398. The zero-order chi connectivity index (χ0) is 19.3. The van der Waals surface area contributed by atoms with Crippen LogP contribution in [0.3, 0.4) is 0 Å². The fraction of sp³-hybridized carbons (Fsp3) is 0.227. The molecule has 1 fully saturated rings. The molecule has 3 aromatic rings. The van der Waals surface area contributed by atoms with Crippen LogP contribution in [0.2, 0.25) is 0 Å². The number of carbonyl (C=O) groups excluding carboxylic acids is 2. The molecule has 28 heavy (non-hydrogen) atoms. The summed E-state index contributed by atoms with van der Waals surface area (Å²) >= 11 is 0. The van der Waals surface area contributed by atoms with Gasteiger partial charge in [-0.3, -0.25) is 14.6 Å². The van der Waals surface area contributed by atoms with E-state index in [1.165, 1.54) is 0 Å². The number of carbonyl (C=O) groups is 2. The van der Waals surface area contributed by atoms with E-state index in [1.807, 2.05) is 58.3 Å². The molecule has 0 radical (unpaired) electrons. The number of piperidine rings is 1. The number of nitrogens with zero attached hydrogens (tertiary/aromatic N) is 3. The number of nitrogens with one attached hydrogen (secondary N) is 1. The van der Waals surface area contributed by atoms with Crippen molar-refractivity contribution in [1.82, 2.24) is 19.8 Å². The Balaban J connectivity index is 1.32. The molecule has 1 aromatic carbocycles. The second kappa shape index (κ2) is 8.08. The number of aromatic nitrogens is 2. The molecule has 0 atom stereocenters. The molecule has 6 nitrogen and oxygen atoms in total. The standard InChI is InChI=1S/C22H22N4O2/c27-21(17-7-11-23-12-8-17)24-19-9-15-26(16-10-19)22(28)18-3-5-20(6-4-18)25-13-1-2-14-25/h1-8,11-14,19H,9-10,15-16H2,(H,24,27). The van der Waals surface area contributed by atoms with Crippen LogP contribution in [-0.2, 0) is 0 Å². The maximum Gasteiger partial charge on any atom is 0.253 e. The zero-order valence-electron chi connectivity index (χ0n) is 15.5. The lowest BCUT2D eigenvalue weighted by molar-refractivity contribution is 0.0698. The summed E-state index contributed by atoms with van der Waals surface area (Å²) < 4.78 is 2.01. The van der Waals surface area contributed by atoms with Crippen molar-refractivity contribution < 1.29 is 9.59 Å². The van der Waals surface area contributed by atoms with Crippen LogP contribution in [0.1, 0.15) is 33.6 Å². The maximum atomic E-state index is 12.8. The minimum Gasteiger partial charge on any atom is -0.349 e. The van der Waals surface area contributed by atoms with Gasteiger partial charge in [0.25, 0.3) is 11.8 Å². The first kappa shape index (κ1) is 18.0. The van der Waals surface area contributed by atoms with Gasteiger partial charge < -0.3 is 14.8 Å². The van der Waals surface area contributed by atoms with Gasteiger partial charge in [0, 0.05) is 60.7 Å². The number of benzene rings is 1. The number of rotatable bonds is 4. The van der Waals surface area contributed by atoms with E-state index in [-0.39, 0.29) is 17.9 Å². The van der Waals surface area contributed by atoms with Gasteiger partial charge in [-0.1, -0.05) is 0 Å². The van der Waals surface area contributed by atoms with Crippen molar-refractivity contribution >= 4 is 11.8 Å². The third kappa shape index (κ3) is 3.96. The first-order valence-electron chi connectivity index (χ1n) is 9.44. The Hall–Kier alpha value is -3.41. The quantitative estimate of drug-likeness (QED) is 0.764. The monoisotopic (exact) mass is 374 g/mol. The lowest BCUT2D eigenvalue weighted by atomic mass is 10.0. The molecule has 0 unspecified atom stereocenters. The van der Waals surface area contributed by atoms with Crippen LogP contribution < -0.4 is 5.32 Å². The van der Waals surface area contributed by atoms with Crippen LogP contribution in [0.25, 0.3) is 5.69 Å². The number of hydrogen-bond donors (Lipinski definition) is 1. The Labute approximate surface area is 163 Å². The Morgan fingerprint density at radius 2 is 1.54 bits per heavy atom. The zero-order valence-corrected chi connectivity index (χ0v) is 15.5. The molecule has 1 saturated heterocycles. The molecular formula is C22H22N4O2. The van der Waals surface area contributed by atoms with Crippen LogP contribution in [0.5, 0.6) is 0 Å². The van der Waals surface area contributed by atoms with E-state index in [1.54, 1.807) is 24.5 Å². The third-order valence-corrected chi connectivity index (χ3v) is 5.08. The lowest BCUT2D eigenvalue weighted by Crippen LogP contribution is -2.46. The normalized spacial score (nSPS) is 14.6. The highest BCUT2D eigenvalue weighted by Crippen LogP contribution is 2.16. The Morgan fingerprint density at radius 3 is 2.18 bits per heavy atom. The molecule has 0 saturated carbocycles. The molecule has 6 heteroatoms. The smallest absolute Gasteiger partial charge is 0.253 e. The van der Waals surface area contributed by atoms with Gasteiger partial charge in [0.2, 0.25) is 0 Å². The van der Waals surface area contributed by atoms with Gasteiger partial charge >= 0.3 is 0 Å². The molecule has 1 aliphatic heterocycles. The highest BCUT2D eigenvalue weighted by atomic mass is 16.2. The Bertz CT molecular complexity index is 928. The first-order valence-corrected chi connectivity index (χ1v) is 9.44. The predicted octanol–water partition coefficient (Wildman–Crippen LogP) is 2.91.